The van der Waals surface area contributed by atoms with Gasteiger partial charge < -0.3 is 9.30 Å². The van der Waals surface area contributed by atoms with Crippen LogP contribution in [-0.4, -0.2) is 22.7 Å². The Hall–Kier alpha value is -3.05. The summed E-state index contributed by atoms with van der Waals surface area (Å²) in [5.41, 5.74) is 4.02. The molecule has 3 atom stereocenters. The van der Waals surface area contributed by atoms with E-state index >= 15 is 0 Å². The third kappa shape index (κ3) is 5.05. The molecule has 0 saturated heterocycles. The summed E-state index contributed by atoms with van der Waals surface area (Å²) in [6, 6.07) is 18.2. The largest absolute Gasteiger partial charge is 0.370 e. The van der Waals surface area contributed by atoms with Crippen LogP contribution in [-0.2, 0) is 11.3 Å². The van der Waals surface area contributed by atoms with Gasteiger partial charge in [-0.25, -0.2) is 4.39 Å². The summed E-state index contributed by atoms with van der Waals surface area (Å²) >= 11 is 0. The van der Waals surface area contributed by atoms with Crippen LogP contribution in [0.2, 0.25) is 0 Å². The number of aromatic nitrogens is 1. The SMILES string of the molecule is CC[C@@H](CC(=O)c1cc(C(=O)C[C@H](C)c2ccc(F)cc2)c2n1CCOC2C)c1ccccc1. The molecule has 0 aliphatic carbocycles. The van der Waals surface area contributed by atoms with Crippen molar-refractivity contribution in [2.75, 3.05) is 6.61 Å². The van der Waals surface area contributed by atoms with Crippen molar-refractivity contribution in [3.05, 3.63) is 94.6 Å². The molecule has 34 heavy (non-hydrogen) atoms. The fourth-order valence-electron chi connectivity index (χ4n) is 4.95. The van der Waals surface area contributed by atoms with Gasteiger partial charge >= 0.3 is 0 Å². The Kier molecular flexibility index (Phi) is 7.42. The smallest absolute Gasteiger partial charge is 0.179 e. The van der Waals surface area contributed by atoms with E-state index in [2.05, 4.69) is 19.1 Å². The maximum atomic E-state index is 13.5. The van der Waals surface area contributed by atoms with Gasteiger partial charge in [-0.1, -0.05) is 56.3 Å². The molecule has 2 aromatic carbocycles. The topological polar surface area (TPSA) is 48.3 Å². The summed E-state index contributed by atoms with van der Waals surface area (Å²) in [5, 5.41) is 0. The van der Waals surface area contributed by atoms with E-state index in [-0.39, 0.29) is 41.7 Å². The van der Waals surface area contributed by atoms with E-state index in [4.69, 9.17) is 4.74 Å². The zero-order chi connectivity index (χ0) is 24.2. The van der Waals surface area contributed by atoms with Crippen molar-refractivity contribution in [2.24, 2.45) is 0 Å². The fraction of sp³-hybridized carbons (Fsp3) is 0.379. The molecule has 0 fully saturated rings. The number of hydrogen-bond acceptors (Lipinski definition) is 3. The number of Topliss-reactive ketones (excluding diaryl/α,β-unsaturated/α-hetero) is 2. The van der Waals surface area contributed by atoms with Crippen molar-refractivity contribution < 1.29 is 18.7 Å². The highest BCUT2D eigenvalue weighted by molar-refractivity contribution is 6.03. The van der Waals surface area contributed by atoms with Crippen LogP contribution < -0.4 is 0 Å². The second-order valence-corrected chi connectivity index (χ2v) is 9.22. The van der Waals surface area contributed by atoms with E-state index in [0.29, 0.717) is 30.8 Å². The number of fused-ring (bicyclic) bond motifs is 1. The molecule has 1 aliphatic rings. The van der Waals surface area contributed by atoms with E-state index in [1.807, 2.05) is 36.6 Å². The van der Waals surface area contributed by atoms with Crippen LogP contribution in [0.4, 0.5) is 4.39 Å². The lowest BCUT2D eigenvalue weighted by atomic mass is 9.90. The minimum absolute atomic E-state index is 0.0212. The molecule has 178 valence electrons. The lowest BCUT2D eigenvalue weighted by molar-refractivity contribution is 0.0311. The quantitative estimate of drug-likeness (QED) is 0.327. The Labute approximate surface area is 200 Å². The summed E-state index contributed by atoms with van der Waals surface area (Å²) < 4.78 is 21.1. The first-order valence-electron chi connectivity index (χ1n) is 12.1. The van der Waals surface area contributed by atoms with Crippen molar-refractivity contribution in [3.63, 3.8) is 0 Å². The highest BCUT2D eigenvalue weighted by Crippen LogP contribution is 2.33. The van der Waals surface area contributed by atoms with Crippen LogP contribution in [0.15, 0.2) is 60.7 Å². The third-order valence-electron chi connectivity index (χ3n) is 6.92. The minimum Gasteiger partial charge on any atom is -0.370 e. The second-order valence-electron chi connectivity index (χ2n) is 9.22. The average Bonchev–Trinajstić information content (AvgIpc) is 3.25. The monoisotopic (exact) mass is 461 g/mol. The summed E-state index contributed by atoms with van der Waals surface area (Å²) in [4.78, 5) is 26.9. The number of rotatable bonds is 9. The van der Waals surface area contributed by atoms with Crippen molar-refractivity contribution >= 4 is 11.6 Å². The number of benzene rings is 2. The zero-order valence-corrected chi connectivity index (χ0v) is 20.1. The Morgan fingerprint density at radius 1 is 1.03 bits per heavy atom. The summed E-state index contributed by atoms with van der Waals surface area (Å²) in [6.07, 6.45) is 1.29. The van der Waals surface area contributed by atoms with Crippen LogP contribution in [0.5, 0.6) is 0 Å². The number of nitrogens with zero attached hydrogens (tertiary/aromatic N) is 1. The lowest BCUT2D eigenvalue weighted by Crippen LogP contribution is -2.24. The number of ether oxygens (including phenoxy) is 1. The molecular weight excluding hydrogens is 429 g/mol. The Bertz CT molecular complexity index is 1150. The highest BCUT2D eigenvalue weighted by Gasteiger charge is 2.31. The van der Waals surface area contributed by atoms with Gasteiger partial charge in [-0.3, -0.25) is 9.59 Å². The van der Waals surface area contributed by atoms with E-state index in [1.54, 1.807) is 18.2 Å². The van der Waals surface area contributed by atoms with Gasteiger partial charge in [0.05, 0.1) is 24.1 Å². The van der Waals surface area contributed by atoms with E-state index in [9.17, 15) is 14.0 Å². The van der Waals surface area contributed by atoms with Crippen LogP contribution in [0, 0.1) is 5.82 Å². The number of halogens is 1. The normalized spacial score (nSPS) is 17.1. The lowest BCUT2D eigenvalue weighted by Gasteiger charge is -2.25. The molecule has 4 rings (SSSR count). The highest BCUT2D eigenvalue weighted by atomic mass is 19.1. The summed E-state index contributed by atoms with van der Waals surface area (Å²) in [5.74, 6) is -0.192. The van der Waals surface area contributed by atoms with Gasteiger partial charge in [0, 0.05) is 24.9 Å². The van der Waals surface area contributed by atoms with Crippen LogP contribution in [0.25, 0.3) is 0 Å². The van der Waals surface area contributed by atoms with Gasteiger partial charge in [0.2, 0.25) is 0 Å². The predicted molar refractivity (Wildman–Crippen MR) is 131 cm³/mol. The Morgan fingerprint density at radius 2 is 1.74 bits per heavy atom. The van der Waals surface area contributed by atoms with Crippen LogP contribution >= 0.6 is 0 Å². The minimum atomic E-state index is -0.293. The second kappa shape index (κ2) is 10.5. The van der Waals surface area contributed by atoms with Gasteiger partial charge in [0.25, 0.3) is 0 Å². The molecule has 3 aromatic rings. The molecule has 0 bridgehead atoms. The molecule has 0 N–H and O–H groups in total. The van der Waals surface area contributed by atoms with Crippen LogP contribution in [0.3, 0.4) is 0 Å². The molecule has 2 heterocycles. The van der Waals surface area contributed by atoms with Crippen molar-refractivity contribution in [1.82, 2.24) is 4.57 Å². The zero-order valence-electron chi connectivity index (χ0n) is 20.1. The molecule has 5 heteroatoms. The van der Waals surface area contributed by atoms with Crippen LogP contribution in [0.1, 0.15) is 95.6 Å². The molecule has 1 aliphatic heterocycles. The third-order valence-corrected chi connectivity index (χ3v) is 6.92. The van der Waals surface area contributed by atoms with Crippen molar-refractivity contribution in [3.8, 4) is 0 Å². The molecular formula is C29H32FNO3. The van der Waals surface area contributed by atoms with E-state index in [1.165, 1.54) is 12.1 Å². The fourth-order valence-corrected chi connectivity index (χ4v) is 4.95. The first-order chi connectivity index (χ1) is 16.4. The number of carbonyl (C=O) groups excluding carboxylic acids is 2. The van der Waals surface area contributed by atoms with Crippen molar-refractivity contribution in [1.29, 1.82) is 0 Å². The standard InChI is InChI=1S/C29H32FNO3/c1-4-21(23-8-6-5-7-9-23)17-28(33)26-18-25(29-20(3)34-15-14-31(26)29)27(32)16-19(2)22-10-12-24(30)13-11-22/h5-13,18-21H,4,14-17H2,1-3H3/t19-,20?,21-/m0/s1. The molecule has 0 saturated carbocycles. The molecule has 0 spiro atoms. The van der Waals surface area contributed by atoms with Gasteiger partial charge in [0.15, 0.2) is 11.6 Å². The number of carbonyl (C=O) groups is 2. The summed E-state index contributed by atoms with van der Waals surface area (Å²) in [7, 11) is 0. The maximum absolute atomic E-state index is 13.5. The first-order valence-corrected chi connectivity index (χ1v) is 12.1. The van der Waals surface area contributed by atoms with Gasteiger partial charge in [-0.15, -0.1) is 0 Å². The van der Waals surface area contributed by atoms with E-state index in [0.717, 1.165) is 23.2 Å². The Balaban J connectivity index is 1.60. The average molecular weight is 462 g/mol. The summed E-state index contributed by atoms with van der Waals surface area (Å²) in [6.45, 7) is 7.06. The predicted octanol–water partition coefficient (Wildman–Crippen LogP) is 6.86. The maximum Gasteiger partial charge on any atom is 0.179 e. The van der Waals surface area contributed by atoms with Gasteiger partial charge in [-0.2, -0.15) is 0 Å². The first kappa shape index (κ1) is 24.1. The molecule has 0 radical (unpaired) electrons. The van der Waals surface area contributed by atoms with Crippen molar-refractivity contribution in [2.45, 2.75) is 64.5 Å². The van der Waals surface area contributed by atoms with Gasteiger partial charge in [-0.05, 0) is 54.5 Å². The Morgan fingerprint density at radius 3 is 2.41 bits per heavy atom. The molecule has 4 nitrogen and oxygen atoms in total. The molecule has 0 amide bonds. The molecule has 1 aromatic heterocycles. The van der Waals surface area contributed by atoms with Gasteiger partial charge in [0.1, 0.15) is 5.82 Å². The number of ketones is 2. The molecule has 1 unspecified atom stereocenters. The van der Waals surface area contributed by atoms with E-state index < -0.39 is 0 Å². The number of hydrogen-bond donors (Lipinski definition) is 0.